The summed E-state index contributed by atoms with van der Waals surface area (Å²) in [7, 11) is 1.54. The van der Waals surface area contributed by atoms with Crippen LogP contribution in [0.15, 0.2) is 66.7 Å². The first-order valence-corrected chi connectivity index (χ1v) is 8.22. The molecule has 0 saturated heterocycles. The summed E-state index contributed by atoms with van der Waals surface area (Å²) in [5.74, 6) is -0.358. The molecular weight excluding hydrogens is 347 g/mol. The van der Waals surface area contributed by atoms with E-state index in [0.29, 0.717) is 11.4 Å². The van der Waals surface area contributed by atoms with Crippen LogP contribution in [0.25, 0.3) is 16.9 Å². The standard InChI is InChI=1S/C20H15FN4O2/c1-27-17-11-10-16(13-6-3-2-4-7-13)25-18(17)22-20(24-25)23-19(26)14-8-5-9-15(21)12-14/h2-12H,1H3,(H,23,24,26). The van der Waals surface area contributed by atoms with E-state index in [-0.39, 0.29) is 11.5 Å². The third-order valence-electron chi connectivity index (χ3n) is 4.05. The highest BCUT2D eigenvalue weighted by molar-refractivity contribution is 6.03. The summed E-state index contributed by atoms with van der Waals surface area (Å²) in [5.41, 5.74) is 2.39. The van der Waals surface area contributed by atoms with Gasteiger partial charge in [-0.15, -0.1) is 5.10 Å². The number of carbonyl (C=O) groups excluding carboxylic acids is 1. The maximum atomic E-state index is 13.3. The lowest BCUT2D eigenvalue weighted by Gasteiger charge is -2.06. The number of ether oxygens (including phenoxy) is 1. The van der Waals surface area contributed by atoms with Crippen LogP contribution >= 0.6 is 0 Å². The van der Waals surface area contributed by atoms with E-state index in [1.54, 1.807) is 10.6 Å². The number of nitrogens with one attached hydrogen (secondary N) is 1. The zero-order chi connectivity index (χ0) is 18.8. The predicted octanol–water partition coefficient (Wildman–Crippen LogP) is 3.80. The first-order valence-electron chi connectivity index (χ1n) is 8.22. The number of fused-ring (bicyclic) bond motifs is 1. The number of pyridine rings is 1. The number of halogens is 1. The van der Waals surface area contributed by atoms with Crippen molar-refractivity contribution in [3.63, 3.8) is 0 Å². The Hall–Kier alpha value is -3.74. The van der Waals surface area contributed by atoms with Crippen molar-refractivity contribution in [3.8, 4) is 17.0 Å². The highest BCUT2D eigenvalue weighted by Gasteiger charge is 2.16. The van der Waals surface area contributed by atoms with Gasteiger partial charge in [0.2, 0.25) is 5.95 Å². The summed E-state index contributed by atoms with van der Waals surface area (Å²) in [6.45, 7) is 0. The molecule has 4 rings (SSSR count). The van der Waals surface area contributed by atoms with Crippen LogP contribution in [0.3, 0.4) is 0 Å². The van der Waals surface area contributed by atoms with Crippen LogP contribution in [0, 0.1) is 5.82 Å². The molecule has 0 bridgehead atoms. The lowest BCUT2D eigenvalue weighted by molar-refractivity contribution is 0.102. The number of hydrogen-bond acceptors (Lipinski definition) is 4. The van der Waals surface area contributed by atoms with Gasteiger partial charge < -0.3 is 4.74 Å². The predicted molar refractivity (Wildman–Crippen MR) is 99.3 cm³/mol. The van der Waals surface area contributed by atoms with Crippen LogP contribution in [0.5, 0.6) is 5.75 Å². The summed E-state index contributed by atoms with van der Waals surface area (Å²) in [4.78, 5) is 16.7. The summed E-state index contributed by atoms with van der Waals surface area (Å²) in [6, 6.07) is 18.8. The van der Waals surface area contributed by atoms with Crippen molar-refractivity contribution in [2.75, 3.05) is 12.4 Å². The average molecular weight is 362 g/mol. The molecule has 2 heterocycles. The molecule has 7 heteroatoms. The molecule has 2 aromatic heterocycles. The Bertz CT molecular complexity index is 1130. The Morgan fingerprint density at radius 1 is 1.07 bits per heavy atom. The molecule has 0 radical (unpaired) electrons. The van der Waals surface area contributed by atoms with Gasteiger partial charge in [0.05, 0.1) is 12.8 Å². The number of carbonyl (C=O) groups is 1. The third kappa shape index (κ3) is 3.22. The average Bonchev–Trinajstić information content (AvgIpc) is 3.11. The van der Waals surface area contributed by atoms with E-state index < -0.39 is 11.7 Å². The molecule has 0 saturated carbocycles. The van der Waals surface area contributed by atoms with Gasteiger partial charge in [0.1, 0.15) is 5.82 Å². The topological polar surface area (TPSA) is 68.5 Å². The van der Waals surface area contributed by atoms with E-state index in [2.05, 4.69) is 15.4 Å². The Balaban J connectivity index is 1.76. The molecule has 2 aromatic carbocycles. The van der Waals surface area contributed by atoms with Crippen molar-refractivity contribution in [1.82, 2.24) is 14.6 Å². The molecule has 0 atom stereocenters. The molecule has 0 aliphatic rings. The third-order valence-corrected chi connectivity index (χ3v) is 4.05. The van der Waals surface area contributed by atoms with E-state index in [1.165, 1.54) is 25.3 Å². The van der Waals surface area contributed by atoms with Crippen molar-refractivity contribution >= 4 is 17.5 Å². The lowest BCUT2D eigenvalue weighted by Crippen LogP contribution is -2.13. The molecule has 0 fully saturated rings. The van der Waals surface area contributed by atoms with Gasteiger partial charge in [-0.25, -0.2) is 8.91 Å². The molecule has 0 unspecified atom stereocenters. The summed E-state index contributed by atoms with van der Waals surface area (Å²) >= 11 is 0. The molecule has 0 aliphatic carbocycles. The van der Waals surface area contributed by atoms with Gasteiger partial charge in [-0.05, 0) is 30.3 Å². The van der Waals surface area contributed by atoms with Crippen molar-refractivity contribution in [2.24, 2.45) is 0 Å². The van der Waals surface area contributed by atoms with Crippen LogP contribution in [0.4, 0.5) is 10.3 Å². The van der Waals surface area contributed by atoms with Crippen molar-refractivity contribution in [3.05, 3.63) is 78.1 Å². The number of aromatic nitrogens is 3. The van der Waals surface area contributed by atoms with Gasteiger partial charge in [0.25, 0.3) is 5.91 Å². The van der Waals surface area contributed by atoms with Gasteiger partial charge in [0.15, 0.2) is 11.4 Å². The molecule has 27 heavy (non-hydrogen) atoms. The fourth-order valence-electron chi connectivity index (χ4n) is 2.78. The van der Waals surface area contributed by atoms with Gasteiger partial charge in [0, 0.05) is 11.1 Å². The Morgan fingerprint density at radius 3 is 2.63 bits per heavy atom. The first-order chi connectivity index (χ1) is 13.2. The molecular formula is C20H15FN4O2. The zero-order valence-corrected chi connectivity index (χ0v) is 14.4. The molecule has 1 amide bonds. The number of benzene rings is 2. The van der Waals surface area contributed by atoms with Gasteiger partial charge in [-0.3, -0.25) is 10.1 Å². The molecule has 1 N–H and O–H groups in total. The van der Waals surface area contributed by atoms with Gasteiger partial charge >= 0.3 is 0 Å². The number of anilines is 1. The minimum Gasteiger partial charge on any atom is -0.493 e. The molecule has 0 spiro atoms. The van der Waals surface area contributed by atoms with Gasteiger partial charge in [-0.2, -0.15) is 4.98 Å². The van der Waals surface area contributed by atoms with E-state index >= 15 is 0 Å². The highest BCUT2D eigenvalue weighted by atomic mass is 19.1. The number of nitrogens with zero attached hydrogens (tertiary/aromatic N) is 3. The second-order valence-electron chi connectivity index (χ2n) is 5.79. The maximum Gasteiger partial charge on any atom is 0.258 e. The second-order valence-corrected chi connectivity index (χ2v) is 5.79. The van der Waals surface area contributed by atoms with Crippen LogP contribution in [0.2, 0.25) is 0 Å². The normalized spacial score (nSPS) is 10.7. The zero-order valence-electron chi connectivity index (χ0n) is 14.4. The minimum atomic E-state index is -0.495. The monoisotopic (exact) mass is 362 g/mol. The number of methoxy groups -OCH3 is 1. The van der Waals surface area contributed by atoms with Crippen molar-refractivity contribution in [1.29, 1.82) is 0 Å². The Labute approximate surface area is 154 Å². The van der Waals surface area contributed by atoms with Crippen LogP contribution in [-0.2, 0) is 0 Å². The molecule has 4 aromatic rings. The molecule has 6 nitrogen and oxygen atoms in total. The number of amides is 1. The van der Waals surface area contributed by atoms with Crippen molar-refractivity contribution in [2.45, 2.75) is 0 Å². The fraction of sp³-hybridized carbons (Fsp3) is 0.0500. The summed E-state index contributed by atoms with van der Waals surface area (Å²) < 4.78 is 20.3. The quantitative estimate of drug-likeness (QED) is 0.600. The largest absolute Gasteiger partial charge is 0.493 e. The fourth-order valence-corrected chi connectivity index (χ4v) is 2.78. The first kappa shape index (κ1) is 16.7. The van der Waals surface area contributed by atoms with E-state index in [1.807, 2.05) is 36.4 Å². The van der Waals surface area contributed by atoms with Crippen LogP contribution in [0.1, 0.15) is 10.4 Å². The summed E-state index contributed by atoms with van der Waals surface area (Å²) in [6.07, 6.45) is 0. The van der Waals surface area contributed by atoms with Gasteiger partial charge in [-0.1, -0.05) is 36.4 Å². The van der Waals surface area contributed by atoms with Crippen LogP contribution < -0.4 is 10.1 Å². The molecule has 0 aliphatic heterocycles. The van der Waals surface area contributed by atoms with E-state index in [4.69, 9.17) is 4.74 Å². The summed E-state index contributed by atoms with van der Waals surface area (Å²) in [5, 5.41) is 6.99. The number of hydrogen-bond donors (Lipinski definition) is 1. The maximum absolute atomic E-state index is 13.3. The second kappa shape index (κ2) is 6.87. The van der Waals surface area contributed by atoms with Crippen LogP contribution in [-0.4, -0.2) is 27.6 Å². The van der Waals surface area contributed by atoms with Crippen molar-refractivity contribution < 1.29 is 13.9 Å². The Kier molecular flexibility index (Phi) is 4.25. The van der Waals surface area contributed by atoms with E-state index in [9.17, 15) is 9.18 Å². The molecule has 134 valence electrons. The SMILES string of the molecule is COc1ccc(-c2ccccc2)n2nc(NC(=O)c3cccc(F)c3)nc12. The lowest BCUT2D eigenvalue weighted by atomic mass is 10.1. The minimum absolute atomic E-state index is 0.103. The highest BCUT2D eigenvalue weighted by Crippen LogP contribution is 2.27. The smallest absolute Gasteiger partial charge is 0.258 e. The Morgan fingerprint density at radius 2 is 1.89 bits per heavy atom. The van der Waals surface area contributed by atoms with E-state index in [0.717, 1.165) is 17.3 Å². The number of rotatable bonds is 4.